The lowest BCUT2D eigenvalue weighted by atomic mass is 10.2. The summed E-state index contributed by atoms with van der Waals surface area (Å²) in [7, 11) is 0. The summed E-state index contributed by atoms with van der Waals surface area (Å²) in [6.07, 6.45) is 0. The van der Waals surface area contributed by atoms with Gasteiger partial charge in [-0.05, 0) is 36.4 Å². The standard InChI is InChI=1S/C19H18ClN3O2S/c1-12(2)26-16-6-4-3-5-15(16)19(24)21-11-17-22-18(23-25-17)13-7-9-14(20)10-8-13/h3-10,12H,11H2,1-2H3,(H,21,24). The van der Waals surface area contributed by atoms with Crippen LogP contribution in [0.1, 0.15) is 30.1 Å². The molecule has 134 valence electrons. The SMILES string of the molecule is CC(C)Sc1ccccc1C(=O)NCc1nc(-c2ccc(Cl)cc2)no1. The van der Waals surface area contributed by atoms with Gasteiger partial charge in [-0.1, -0.05) is 42.7 Å². The Hall–Kier alpha value is -2.31. The van der Waals surface area contributed by atoms with E-state index in [0.29, 0.717) is 27.6 Å². The van der Waals surface area contributed by atoms with Gasteiger partial charge in [-0.15, -0.1) is 11.8 Å². The zero-order valence-electron chi connectivity index (χ0n) is 14.4. The number of hydrogen-bond donors (Lipinski definition) is 1. The average molecular weight is 388 g/mol. The fourth-order valence-electron chi connectivity index (χ4n) is 2.30. The lowest BCUT2D eigenvalue weighted by Gasteiger charge is -2.10. The Morgan fingerprint density at radius 1 is 1.19 bits per heavy atom. The second kappa shape index (κ2) is 8.38. The van der Waals surface area contributed by atoms with Crippen LogP contribution in [0.25, 0.3) is 11.4 Å². The number of halogens is 1. The first-order valence-corrected chi connectivity index (χ1v) is 9.41. The molecule has 3 rings (SSSR count). The summed E-state index contributed by atoms with van der Waals surface area (Å²) >= 11 is 7.53. The number of carbonyl (C=O) groups excluding carboxylic acids is 1. The van der Waals surface area contributed by atoms with E-state index in [4.69, 9.17) is 16.1 Å². The van der Waals surface area contributed by atoms with Crippen LogP contribution in [0.4, 0.5) is 0 Å². The number of aromatic nitrogens is 2. The average Bonchev–Trinajstić information content (AvgIpc) is 3.09. The van der Waals surface area contributed by atoms with E-state index in [1.165, 1.54) is 0 Å². The molecule has 0 saturated carbocycles. The number of thioether (sulfide) groups is 1. The smallest absolute Gasteiger partial charge is 0.252 e. The number of nitrogens with zero attached hydrogens (tertiary/aromatic N) is 2. The van der Waals surface area contributed by atoms with Gasteiger partial charge < -0.3 is 9.84 Å². The summed E-state index contributed by atoms with van der Waals surface area (Å²) in [6, 6.07) is 14.7. The zero-order chi connectivity index (χ0) is 18.5. The molecule has 0 saturated heterocycles. The topological polar surface area (TPSA) is 68.0 Å². The van der Waals surface area contributed by atoms with Crippen LogP contribution in [0.5, 0.6) is 0 Å². The van der Waals surface area contributed by atoms with Gasteiger partial charge in [0.25, 0.3) is 5.91 Å². The van der Waals surface area contributed by atoms with E-state index in [0.717, 1.165) is 10.5 Å². The van der Waals surface area contributed by atoms with Gasteiger partial charge in [0.2, 0.25) is 11.7 Å². The third kappa shape index (κ3) is 4.65. The fourth-order valence-corrected chi connectivity index (χ4v) is 3.38. The van der Waals surface area contributed by atoms with Gasteiger partial charge in [0.15, 0.2) is 0 Å². The van der Waals surface area contributed by atoms with Crippen molar-refractivity contribution in [2.45, 2.75) is 30.5 Å². The molecular weight excluding hydrogens is 370 g/mol. The molecule has 0 unspecified atom stereocenters. The molecule has 1 heterocycles. The minimum atomic E-state index is -0.167. The molecule has 26 heavy (non-hydrogen) atoms. The first-order chi connectivity index (χ1) is 12.5. The Balaban J connectivity index is 1.66. The molecule has 3 aromatic rings. The molecule has 0 bridgehead atoms. The molecule has 1 aromatic heterocycles. The van der Waals surface area contributed by atoms with Crippen LogP contribution >= 0.6 is 23.4 Å². The summed E-state index contributed by atoms with van der Waals surface area (Å²) in [5.41, 5.74) is 1.44. The highest BCUT2D eigenvalue weighted by Gasteiger charge is 2.14. The normalized spacial score (nSPS) is 10.9. The highest BCUT2D eigenvalue weighted by molar-refractivity contribution is 8.00. The summed E-state index contributed by atoms with van der Waals surface area (Å²) in [5, 5.41) is 7.80. The van der Waals surface area contributed by atoms with Crippen molar-refractivity contribution < 1.29 is 9.32 Å². The lowest BCUT2D eigenvalue weighted by Crippen LogP contribution is -2.23. The van der Waals surface area contributed by atoms with Gasteiger partial charge >= 0.3 is 0 Å². The zero-order valence-corrected chi connectivity index (χ0v) is 16.0. The van der Waals surface area contributed by atoms with E-state index < -0.39 is 0 Å². The molecule has 7 heteroatoms. The first kappa shape index (κ1) is 18.5. The Morgan fingerprint density at radius 3 is 2.65 bits per heavy atom. The summed E-state index contributed by atoms with van der Waals surface area (Å²) in [4.78, 5) is 17.8. The maximum Gasteiger partial charge on any atom is 0.252 e. The van der Waals surface area contributed by atoms with Crippen molar-refractivity contribution in [1.29, 1.82) is 0 Å². The molecule has 0 aliphatic rings. The number of nitrogens with one attached hydrogen (secondary N) is 1. The predicted octanol–water partition coefficient (Wildman–Crippen LogP) is 4.82. The number of rotatable bonds is 6. The van der Waals surface area contributed by atoms with Crippen molar-refractivity contribution in [3.05, 3.63) is 65.0 Å². The van der Waals surface area contributed by atoms with Crippen molar-refractivity contribution >= 4 is 29.3 Å². The highest BCUT2D eigenvalue weighted by atomic mass is 35.5. The molecule has 0 radical (unpaired) electrons. The highest BCUT2D eigenvalue weighted by Crippen LogP contribution is 2.26. The van der Waals surface area contributed by atoms with Crippen LogP contribution in [-0.2, 0) is 6.54 Å². The van der Waals surface area contributed by atoms with Gasteiger partial charge in [0, 0.05) is 20.7 Å². The van der Waals surface area contributed by atoms with E-state index in [2.05, 4.69) is 29.3 Å². The third-order valence-electron chi connectivity index (χ3n) is 3.47. The largest absolute Gasteiger partial charge is 0.343 e. The first-order valence-electron chi connectivity index (χ1n) is 8.15. The number of amides is 1. The van der Waals surface area contributed by atoms with E-state index in [9.17, 15) is 4.79 Å². The quantitative estimate of drug-likeness (QED) is 0.614. The fraction of sp³-hybridized carbons (Fsp3) is 0.211. The molecular formula is C19H18ClN3O2S. The Kier molecular flexibility index (Phi) is 5.96. The van der Waals surface area contributed by atoms with E-state index in [-0.39, 0.29) is 12.5 Å². The monoisotopic (exact) mass is 387 g/mol. The lowest BCUT2D eigenvalue weighted by molar-refractivity contribution is 0.0943. The minimum Gasteiger partial charge on any atom is -0.343 e. The summed E-state index contributed by atoms with van der Waals surface area (Å²) in [6.45, 7) is 4.35. The van der Waals surface area contributed by atoms with Gasteiger partial charge in [0.05, 0.1) is 12.1 Å². The molecule has 2 aromatic carbocycles. The number of benzene rings is 2. The molecule has 0 fully saturated rings. The molecule has 0 atom stereocenters. The summed E-state index contributed by atoms with van der Waals surface area (Å²) in [5.74, 6) is 0.638. The molecule has 1 amide bonds. The number of carbonyl (C=O) groups is 1. The van der Waals surface area contributed by atoms with E-state index in [1.807, 2.05) is 36.4 Å². The van der Waals surface area contributed by atoms with E-state index in [1.54, 1.807) is 23.9 Å². The number of hydrogen-bond acceptors (Lipinski definition) is 5. The Labute approximate surface area is 161 Å². The van der Waals surface area contributed by atoms with Gasteiger partial charge in [-0.3, -0.25) is 4.79 Å². The predicted molar refractivity (Wildman–Crippen MR) is 103 cm³/mol. The van der Waals surface area contributed by atoms with Crippen LogP contribution < -0.4 is 5.32 Å². The van der Waals surface area contributed by atoms with Gasteiger partial charge in [-0.25, -0.2) is 0 Å². The van der Waals surface area contributed by atoms with Crippen molar-refractivity contribution in [2.24, 2.45) is 0 Å². The molecule has 0 aliphatic heterocycles. The summed E-state index contributed by atoms with van der Waals surface area (Å²) < 4.78 is 5.22. The van der Waals surface area contributed by atoms with Crippen LogP contribution in [0.3, 0.4) is 0 Å². The van der Waals surface area contributed by atoms with Crippen molar-refractivity contribution in [2.75, 3.05) is 0 Å². The van der Waals surface area contributed by atoms with Crippen LogP contribution in [-0.4, -0.2) is 21.3 Å². The van der Waals surface area contributed by atoms with Crippen LogP contribution in [0.2, 0.25) is 5.02 Å². The van der Waals surface area contributed by atoms with Crippen molar-refractivity contribution in [3.8, 4) is 11.4 Å². The maximum atomic E-state index is 12.5. The van der Waals surface area contributed by atoms with E-state index >= 15 is 0 Å². The third-order valence-corrected chi connectivity index (χ3v) is 4.80. The van der Waals surface area contributed by atoms with Crippen molar-refractivity contribution in [1.82, 2.24) is 15.5 Å². The minimum absolute atomic E-state index is 0.167. The second-order valence-corrected chi connectivity index (χ2v) is 7.92. The maximum absolute atomic E-state index is 12.5. The molecule has 0 spiro atoms. The molecule has 5 nitrogen and oxygen atoms in total. The Morgan fingerprint density at radius 2 is 1.92 bits per heavy atom. The Bertz CT molecular complexity index is 894. The van der Waals surface area contributed by atoms with Gasteiger partial charge in [-0.2, -0.15) is 4.98 Å². The van der Waals surface area contributed by atoms with Gasteiger partial charge in [0.1, 0.15) is 0 Å². The van der Waals surface area contributed by atoms with Crippen LogP contribution in [0.15, 0.2) is 57.9 Å². The molecule has 1 N–H and O–H groups in total. The molecule has 0 aliphatic carbocycles. The second-order valence-electron chi connectivity index (χ2n) is 5.86. The van der Waals surface area contributed by atoms with Crippen LogP contribution in [0, 0.1) is 0 Å². The van der Waals surface area contributed by atoms with Crippen molar-refractivity contribution in [3.63, 3.8) is 0 Å².